The third kappa shape index (κ3) is 3.55. The number of benzene rings is 3. The van der Waals surface area contributed by atoms with Crippen molar-refractivity contribution in [2.75, 3.05) is 0 Å². The third-order valence-corrected chi connectivity index (χ3v) is 7.92. The highest BCUT2D eigenvalue weighted by Gasteiger charge is 2.17. The molecular formula is C29H25NS. The van der Waals surface area contributed by atoms with Gasteiger partial charge in [-0.3, -0.25) is 4.98 Å². The van der Waals surface area contributed by atoms with Crippen LogP contribution in [0.3, 0.4) is 0 Å². The molecule has 152 valence electrons. The van der Waals surface area contributed by atoms with E-state index in [1.807, 2.05) is 17.5 Å². The van der Waals surface area contributed by atoms with E-state index in [0.29, 0.717) is 0 Å². The minimum atomic E-state index is 0.853. The summed E-state index contributed by atoms with van der Waals surface area (Å²) < 4.78 is 2.68. The molecule has 1 nitrogen and oxygen atoms in total. The zero-order chi connectivity index (χ0) is 20.6. The molecule has 1 aliphatic rings. The Hall–Kier alpha value is -2.97. The first kappa shape index (κ1) is 18.8. The van der Waals surface area contributed by atoms with E-state index in [4.69, 9.17) is 4.98 Å². The monoisotopic (exact) mass is 419 g/mol. The smallest absolute Gasteiger partial charge is 0.0719 e. The highest BCUT2D eigenvalue weighted by molar-refractivity contribution is 7.26. The molecule has 3 aromatic carbocycles. The Morgan fingerprint density at radius 1 is 0.774 bits per heavy atom. The summed E-state index contributed by atoms with van der Waals surface area (Å²) in [5.74, 6) is 0.853. The van der Waals surface area contributed by atoms with Gasteiger partial charge in [0.05, 0.1) is 5.69 Å². The lowest BCUT2D eigenvalue weighted by molar-refractivity contribution is 0.546. The normalized spacial score (nSPS) is 14.6. The summed E-state index contributed by atoms with van der Waals surface area (Å²) >= 11 is 1.89. The summed E-state index contributed by atoms with van der Waals surface area (Å²) in [6, 6.07) is 28.7. The van der Waals surface area contributed by atoms with E-state index in [2.05, 4.69) is 78.9 Å². The SMILES string of the molecule is c1ccc(-c2ccc3sc4c(-c5cc(CC6CCCC6)ccn5)cccc4c3c2)cc1. The molecule has 0 spiro atoms. The Morgan fingerprint density at radius 3 is 2.52 bits per heavy atom. The van der Waals surface area contributed by atoms with Crippen molar-refractivity contribution in [3.05, 3.63) is 90.6 Å². The molecule has 0 unspecified atom stereocenters. The van der Waals surface area contributed by atoms with Crippen LogP contribution >= 0.6 is 11.3 Å². The molecule has 5 aromatic rings. The zero-order valence-corrected chi connectivity index (χ0v) is 18.4. The third-order valence-electron chi connectivity index (χ3n) is 6.70. The molecule has 2 heterocycles. The van der Waals surface area contributed by atoms with Crippen LogP contribution in [0, 0.1) is 5.92 Å². The number of pyridine rings is 1. The molecule has 0 atom stereocenters. The molecule has 2 aromatic heterocycles. The summed E-state index contributed by atoms with van der Waals surface area (Å²) in [4.78, 5) is 4.78. The van der Waals surface area contributed by atoms with Crippen LogP contribution in [-0.4, -0.2) is 4.98 Å². The molecule has 0 radical (unpaired) electrons. The molecule has 1 aliphatic carbocycles. The topological polar surface area (TPSA) is 12.9 Å². The van der Waals surface area contributed by atoms with Gasteiger partial charge in [0.2, 0.25) is 0 Å². The van der Waals surface area contributed by atoms with E-state index >= 15 is 0 Å². The highest BCUT2D eigenvalue weighted by Crippen LogP contribution is 2.41. The Morgan fingerprint density at radius 2 is 1.65 bits per heavy atom. The number of hydrogen-bond donors (Lipinski definition) is 0. The van der Waals surface area contributed by atoms with E-state index in [9.17, 15) is 0 Å². The van der Waals surface area contributed by atoms with Gasteiger partial charge in [-0.15, -0.1) is 11.3 Å². The van der Waals surface area contributed by atoms with E-state index in [1.165, 1.54) is 74.5 Å². The van der Waals surface area contributed by atoms with Crippen LogP contribution in [0.4, 0.5) is 0 Å². The van der Waals surface area contributed by atoms with Crippen molar-refractivity contribution in [1.82, 2.24) is 4.98 Å². The average molecular weight is 420 g/mol. The van der Waals surface area contributed by atoms with Crippen LogP contribution in [-0.2, 0) is 6.42 Å². The molecule has 31 heavy (non-hydrogen) atoms. The Bertz CT molecular complexity index is 1360. The minimum Gasteiger partial charge on any atom is -0.256 e. The second kappa shape index (κ2) is 7.94. The Balaban J connectivity index is 1.44. The molecule has 0 bridgehead atoms. The lowest BCUT2D eigenvalue weighted by Crippen LogP contribution is -1.99. The van der Waals surface area contributed by atoms with E-state index in [1.54, 1.807) is 0 Å². The van der Waals surface area contributed by atoms with Gasteiger partial charge in [0, 0.05) is 31.9 Å². The van der Waals surface area contributed by atoms with E-state index in [0.717, 1.165) is 11.6 Å². The van der Waals surface area contributed by atoms with E-state index in [-0.39, 0.29) is 0 Å². The number of rotatable bonds is 4. The van der Waals surface area contributed by atoms with Crippen LogP contribution in [0.5, 0.6) is 0 Å². The fraction of sp³-hybridized carbons (Fsp3) is 0.207. The quantitative estimate of drug-likeness (QED) is 0.284. The molecule has 2 heteroatoms. The van der Waals surface area contributed by atoms with Crippen molar-refractivity contribution >= 4 is 31.5 Å². The molecule has 1 saturated carbocycles. The Kier molecular flexibility index (Phi) is 4.81. The lowest BCUT2D eigenvalue weighted by atomic mass is 9.97. The largest absolute Gasteiger partial charge is 0.256 e. The van der Waals surface area contributed by atoms with Gasteiger partial charge in [-0.1, -0.05) is 80.3 Å². The van der Waals surface area contributed by atoms with Gasteiger partial charge in [-0.2, -0.15) is 0 Å². The molecule has 0 N–H and O–H groups in total. The van der Waals surface area contributed by atoms with Crippen molar-refractivity contribution in [1.29, 1.82) is 0 Å². The standard InChI is InChI=1S/C29H25NS/c1-2-9-22(10-3-1)23-13-14-28-26(19-23)24-11-6-12-25(29(24)31-28)27-18-21(15-16-30-27)17-20-7-4-5-8-20/h1-3,6,9-16,18-20H,4-5,7-8,17H2. The van der Waals surface area contributed by atoms with Crippen molar-refractivity contribution < 1.29 is 0 Å². The Labute approximate surface area is 187 Å². The first-order chi connectivity index (χ1) is 15.3. The first-order valence-electron chi connectivity index (χ1n) is 11.3. The van der Waals surface area contributed by atoms with Crippen LogP contribution < -0.4 is 0 Å². The average Bonchev–Trinajstić information content (AvgIpc) is 3.47. The summed E-state index contributed by atoms with van der Waals surface area (Å²) in [6.07, 6.45) is 8.75. The number of fused-ring (bicyclic) bond motifs is 3. The maximum atomic E-state index is 4.78. The van der Waals surface area contributed by atoms with Crippen molar-refractivity contribution in [2.45, 2.75) is 32.1 Å². The van der Waals surface area contributed by atoms with Gasteiger partial charge >= 0.3 is 0 Å². The summed E-state index contributed by atoms with van der Waals surface area (Å²) in [7, 11) is 0. The van der Waals surface area contributed by atoms with Crippen LogP contribution in [0.2, 0.25) is 0 Å². The van der Waals surface area contributed by atoms with Gasteiger partial charge in [0.25, 0.3) is 0 Å². The van der Waals surface area contributed by atoms with Crippen LogP contribution in [0.1, 0.15) is 31.2 Å². The van der Waals surface area contributed by atoms with Gasteiger partial charge in [-0.25, -0.2) is 0 Å². The zero-order valence-electron chi connectivity index (χ0n) is 17.6. The van der Waals surface area contributed by atoms with Crippen molar-refractivity contribution in [2.24, 2.45) is 5.92 Å². The predicted octanol–water partition coefficient (Wildman–Crippen LogP) is 8.52. The summed E-state index contributed by atoms with van der Waals surface area (Å²) in [5, 5.41) is 2.67. The number of thiophene rings is 1. The van der Waals surface area contributed by atoms with Gasteiger partial charge < -0.3 is 0 Å². The fourth-order valence-electron chi connectivity index (χ4n) is 5.11. The number of nitrogens with zero attached hydrogens (tertiary/aromatic N) is 1. The minimum absolute atomic E-state index is 0.853. The van der Waals surface area contributed by atoms with Gasteiger partial charge in [0.1, 0.15) is 0 Å². The van der Waals surface area contributed by atoms with E-state index < -0.39 is 0 Å². The fourth-order valence-corrected chi connectivity index (χ4v) is 6.31. The van der Waals surface area contributed by atoms with Crippen LogP contribution in [0.25, 0.3) is 42.6 Å². The highest BCUT2D eigenvalue weighted by atomic mass is 32.1. The summed E-state index contributed by atoms with van der Waals surface area (Å²) in [5.41, 5.74) is 6.33. The number of hydrogen-bond acceptors (Lipinski definition) is 2. The predicted molar refractivity (Wildman–Crippen MR) is 134 cm³/mol. The second-order valence-electron chi connectivity index (χ2n) is 8.77. The number of aromatic nitrogens is 1. The molecule has 1 fully saturated rings. The maximum Gasteiger partial charge on any atom is 0.0719 e. The second-order valence-corrected chi connectivity index (χ2v) is 9.82. The van der Waals surface area contributed by atoms with Gasteiger partial charge in [-0.05, 0) is 53.3 Å². The van der Waals surface area contributed by atoms with Gasteiger partial charge in [0.15, 0.2) is 0 Å². The molecule has 0 saturated heterocycles. The molecular weight excluding hydrogens is 394 g/mol. The molecule has 0 amide bonds. The van der Waals surface area contributed by atoms with Crippen molar-refractivity contribution in [3.63, 3.8) is 0 Å². The summed E-state index contributed by atoms with van der Waals surface area (Å²) in [6.45, 7) is 0. The van der Waals surface area contributed by atoms with Crippen LogP contribution in [0.15, 0.2) is 85.1 Å². The molecule has 0 aliphatic heterocycles. The maximum absolute atomic E-state index is 4.78. The first-order valence-corrected chi connectivity index (χ1v) is 12.1. The lowest BCUT2D eigenvalue weighted by Gasteiger charge is -2.10. The molecule has 6 rings (SSSR count). The van der Waals surface area contributed by atoms with Crippen molar-refractivity contribution in [3.8, 4) is 22.4 Å².